The molecule has 43 heavy (non-hydrogen) atoms. The zero-order valence-corrected chi connectivity index (χ0v) is 25.1. The first-order valence-corrected chi connectivity index (χ1v) is 15.6. The SMILES string of the molecule is CCCNC(=O)C(Cc1ccccc1)N(Cc1ccc(F)cc1)C(=O)CN(c1ccc(C)cc1)S(=O)(=O)c1ccccc1. The van der Waals surface area contributed by atoms with Crippen LogP contribution in [0.5, 0.6) is 0 Å². The van der Waals surface area contributed by atoms with Crippen LogP contribution in [0.25, 0.3) is 0 Å². The highest BCUT2D eigenvalue weighted by Crippen LogP contribution is 2.25. The van der Waals surface area contributed by atoms with E-state index in [1.165, 1.54) is 29.2 Å². The highest BCUT2D eigenvalue weighted by atomic mass is 32.2. The van der Waals surface area contributed by atoms with E-state index in [9.17, 15) is 22.4 Å². The van der Waals surface area contributed by atoms with E-state index in [1.807, 2.05) is 44.2 Å². The molecule has 1 atom stereocenters. The zero-order valence-electron chi connectivity index (χ0n) is 24.3. The maximum Gasteiger partial charge on any atom is 0.264 e. The summed E-state index contributed by atoms with van der Waals surface area (Å²) in [5.41, 5.74) is 2.69. The van der Waals surface area contributed by atoms with Crippen molar-refractivity contribution in [3.63, 3.8) is 0 Å². The predicted octanol–water partition coefficient (Wildman–Crippen LogP) is 5.50. The third-order valence-electron chi connectivity index (χ3n) is 7.02. The van der Waals surface area contributed by atoms with Gasteiger partial charge >= 0.3 is 0 Å². The van der Waals surface area contributed by atoms with Crippen molar-refractivity contribution >= 4 is 27.5 Å². The van der Waals surface area contributed by atoms with Gasteiger partial charge in [0.15, 0.2) is 0 Å². The molecule has 0 aromatic heterocycles. The summed E-state index contributed by atoms with van der Waals surface area (Å²) in [6.45, 7) is 3.66. The van der Waals surface area contributed by atoms with Gasteiger partial charge in [-0.3, -0.25) is 13.9 Å². The summed E-state index contributed by atoms with van der Waals surface area (Å²) in [6, 6.07) is 28.8. The Bertz CT molecular complexity index is 1600. The van der Waals surface area contributed by atoms with Crippen molar-refractivity contribution in [3.8, 4) is 0 Å². The summed E-state index contributed by atoms with van der Waals surface area (Å²) >= 11 is 0. The van der Waals surface area contributed by atoms with Gasteiger partial charge in [0, 0.05) is 19.5 Å². The minimum atomic E-state index is -4.16. The minimum Gasteiger partial charge on any atom is -0.354 e. The third kappa shape index (κ3) is 8.29. The van der Waals surface area contributed by atoms with Gasteiger partial charge in [0.25, 0.3) is 10.0 Å². The van der Waals surface area contributed by atoms with Crippen molar-refractivity contribution in [1.82, 2.24) is 10.2 Å². The number of aryl methyl sites for hydroxylation is 1. The van der Waals surface area contributed by atoms with Crippen molar-refractivity contribution in [2.75, 3.05) is 17.4 Å². The Hall–Kier alpha value is -4.50. The molecule has 0 spiro atoms. The second-order valence-corrected chi connectivity index (χ2v) is 12.2. The summed E-state index contributed by atoms with van der Waals surface area (Å²) in [7, 11) is -4.16. The molecular weight excluding hydrogens is 565 g/mol. The molecule has 7 nitrogen and oxygen atoms in total. The van der Waals surface area contributed by atoms with Crippen LogP contribution >= 0.6 is 0 Å². The molecule has 4 rings (SSSR count). The summed E-state index contributed by atoms with van der Waals surface area (Å²) in [5.74, 6) is -1.35. The standard InChI is InChI=1S/C34H36FN3O4S/c1-3-22-36-34(40)32(23-27-10-6-4-7-11-27)37(24-28-16-18-29(35)19-17-28)33(39)25-38(30-20-14-26(2)15-21-30)43(41,42)31-12-8-5-9-13-31/h4-21,32H,3,22-25H2,1-2H3,(H,36,40). The molecule has 4 aromatic rings. The van der Waals surface area contributed by atoms with Crippen molar-refractivity contribution in [2.24, 2.45) is 0 Å². The highest BCUT2D eigenvalue weighted by molar-refractivity contribution is 7.92. The number of carbonyl (C=O) groups is 2. The van der Waals surface area contributed by atoms with E-state index in [4.69, 9.17) is 0 Å². The van der Waals surface area contributed by atoms with E-state index in [-0.39, 0.29) is 23.8 Å². The molecule has 0 aliphatic heterocycles. The average molecular weight is 602 g/mol. The molecule has 0 aliphatic carbocycles. The van der Waals surface area contributed by atoms with Crippen LogP contribution in [-0.4, -0.2) is 44.3 Å². The highest BCUT2D eigenvalue weighted by Gasteiger charge is 2.34. The molecule has 0 bridgehead atoms. The molecule has 0 radical (unpaired) electrons. The summed E-state index contributed by atoms with van der Waals surface area (Å²) in [6.07, 6.45) is 0.908. The number of anilines is 1. The van der Waals surface area contributed by atoms with Crippen LogP contribution in [0.2, 0.25) is 0 Å². The van der Waals surface area contributed by atoms with Crippen LogP contribution in [0.15, 0.2) is 114 Å². The number of rotatable bonds is 13. The van der Waals surface area contributed by atoms with Crippen LogP contribution in [0.4, 0.5) is 10.1 Å². The lowest BCUT2D eigenvalue weighted by Gasteiger charge is -2.34. The van der Waals surface area contributed by atoms with Crippen LogP contribution < -0.4 is 9.62 Å². The predicted molar refractivity (Wildman–Crippen MR) is 166 cm³/mol. The summed E-state index contributed by atoms with van der Waals surface area (Å²) in [5, 5.41) is 2.91. The number of sulfonamides is 1. The number of benzene rings is 4. The lowest BCUT2D eigenvalue weighted by atomic mass is 10.0. The number of nitrogens with zero attached hydrogens (tertiary/aromatic N) is 2. The fourth-order valence-corrected chi connectivity index (χ4v) is 6.10. The van der Waals surface area contributed by atoms with E-state index in [0.717, 1.165) is 15.4 Å². The van der Waals surface area contributed by atoms with Crippen molar-refractivity contribution in [3.05, 3.63) is 132 Å². The number of nitrogens with one attached hydrogen (secondary N) is 1. The maximum atomic E-state index is 14.3. The molecule has 4 aromatic carbocycles. The average Bonchev–Trinajstić information content (AvgIpc) is 3.02. The molecule has 2 amide bonds. The number of hydrogen-bond donors (Lipinski definition) is 1. The Morgan fingerprint density at radius 2 is 1.42 bits per heavy atom. The van der Waals surface area contributed by atoms with Gasteiger partial charge in [0.05, 0.1) is 10.6 Å². The molecule has 0 saturated carbocycles. The third-order valence-corrected chi connectivity index (χ3v) is 8.81. The fourth-order valence-electron chi connectivity index (χ4n) is 4.67. The number of hydrogen-bond acceptors (Lipinski definition) is 4. The molecule has 0 saturated heterocycles. The first-order chi connectivity index (χ1) is 20.7. The van der Waals surface area contributed by atoms with Gasteiger partial charge in [-0.05, 0) is 60.9 Å². The Morgan fingerprint density at radius 3 is 2.02 bits per heavy atom. The summed E-state index contributed by atoms with van der Waals surface area (Å²) < 4.78 is 42.7. The van der Waals surface area contributed by atoms with E-state index < -0.39 is 34.3 Å². The van der Waals surface area contributed by atoms with Crippen molar-refractivity contribution < 1.29 is 22.4 Å². The second kappa shape index (κ2) is 14.6. The van der Waals surface area contributed by atoms with E-state index >= 15 is 0 Å². The molecule has 224 valence electrons. The number of halogens is 1. The van der Waals surface area contributed by atoms with Gasteiger partial charge in [-0.15, -0.1) is 0 Å². The molecule has 9 heteroatoms. The minimum absolute atomic E-state index is 0.0245. The molecule has 0 fully saturated rings. The van der Waals surface area contributed by atoms with Crippen LogP contribution in [0, 0.1) is 12.7 Å². The smallest absolute Gasteiger partial charge is 0.264 e. The lowest BCUT2D eigenvalue weighted by molar-refractivity contribution is -0.140. The Morgan fingerprint density at radius 1 is 0.814 bits per heavy atom. The molecule has 1 N–H and O–H groups in total. The fraction of sp³-hybridized carbons (Fsp3) is 0.235. The monoisotopic (exact) mass is 601 g/mol. The van der Waals surface area contributed by atoms with Crippen LogP contribution in [0.3, 0.4) is 0 Å². The van der Waals surface area contributed by atoms with E-state index in [0.29, 0.717) is 24.2 Å². The van der Waals surface area contributed by atoms with Crippen molar-refractivity contribution in [1.29, 1.82) is 0 Å². The van der Waals surface area contributed by atoms with E-state index in [1.54, 1.807) is 54.6 Å². The largest absolute Gasteiger partial charge is 0.354 e. The molecule has 0 aliphatic rings. The topological polar surface area (TPSA) is 86.8 Å². The van der Waals surface area contributed by atoms with Gasteiger partial charge in [0.1, 0.15) is 18.4 Å². The molecule has 1 unspecified atom stereocenters. The Kier molecular flexibility index (Phi) is 10.7. The van der Waals surface area contributed by atoms with Crippen LogP contribution in [0.1, 0.15) is 30.0 Å². The molecule has 0 heterocycles. The van der Waals surface area contributed by atoms with E-state index in [2.05, 4.69) is 5.32 Å². The van der Waals surface area contributed by atoms with Gasteiger partial charge < -0.3 is 10.2 Å². The zero-order chi connectivity index (χ0) is 30.8. The van der Waals surface area contributed by atoms with Gasteiger partial charge in [0.2, 0.25) is 11.8 Å². The van der Waals surface area contributed by atoms with Gasteiger partial charge in [-0.25, -0.2) is 12.8 Å². The second-order valence-electron chi connectivity index (χ2n) is 10.3. The quantitative estimate of drug-likeness (QED) is 0.219. The Balaban J connectivity index is 1.78. The lowest BCUT2D eigenvalue weighted by Crippen LogP contribution is -2.53. The summed E-state index contributed by atoms with van der Waals surface area (Å²) in [4.78, 5) is 29.4. The Labute approximate surface area is 253 Å². The normalized spacial score (nSPS) is 11.9. The first kappa shape index (κ1) is 31.4. The van der Waals surface area contributed by atoms with Crippen LogP contribution in [-0.2, 0) is 32.6 Å². The maximum absolute atomic E-state index is 14.3. The van der Waals surface area contributed by atoms with Gasteiger partial charge in [-0.1, -0.05) is 85.3 Å². The first-order valence-electron chi connectivity index (χ1n) is 14.2. The molecular formula is C34H36FN3O4S. The van der Waals surface area contributed by atoms with Gasteiger partial charge in [-0.2, -0.15) is 0 Å². The number of carbonyl (C=O) groups excluding carboxylic acids is 2. The number of amides is 2. The van der Waals surface area contributed by atoms with Crippen molar-refractivity contribution in [2.45, 2.75) is 44.2 Å².